The Morgan fingerprint density at radius 1 is 0.333 bits per heavy atom. The van der Waals surface area contributed by atoms with E-state index in [4.69, 9.17) is 0 Å². The van der Waals surface area contributed by atoms with E-state index in [1.807, 2.05) is 0 Å². The molecule has 1 spiro atoms. The smallest absolute Gasteiger partial charge is 0.0754 e. The summed E-state index contributed by atoms with van der Waals surface area (Å²) in [7, 11) is 0. The first kappa shape index (κ1) is 38.3. The normalized spacial score (nSPS) is 14.1. The number of benzene rings is 10. The van der Waals surface area contributed by atoms with Gasteiger partial charge in [0.15, 0.2) is 0 Å². The number of anilines is 6. The van der Waals surface area contributed by atoms with Gasteiger partial charge in [-0.05, 0) is 133 Å². The summed E-state index contributed by atoms with van der Waals surface area (Å²) in [5.41, 5.74) is 24.4. The average molecular weight is 843 g/mol. The predicted octanol–water partition coefficient (Wildman–Crippen LogP) is 16.9. The van der Waals surface area contributed by atoms with Crippen molar-refractivity contribution in [3.8, 4) is 44.5 Å². The SMILES string of the molecule is CC1(C)c2ccccc2-c2c(-c3ccc(N(c4ccccc4)c4ccccc4-c4ccc5c(c4)-c4ccccc4C54c5ccccc5N(c5ccccc5)c5ccccc54)cc3)cccc21. The molecule has 0 unspecified atom stereocenters. The molecule has 1 aliphatic heterocycles. The number of fused-ring (bicyclic) bond motifs is 12. The number of para-hydroxylation sites is 5. The first-order valence-electron chi connectivity index (χ1n) is 23.1. The number of rotatable bonds is 6. The zero-order valence-corrected chi connectivity index (χ0v) is 37.0. The lowest BCUT2D eigenvalue weighted by molar-refractivity contribution is 0.660. The zero-order chi connectivity index (χ0) is 44.0. The average Bonchev–Trinajstić information content (AvgIpc) is 3.80. The highest BCUT2D eigenvalue weighted by Gasteiger charge is 2.51. The second-order valence-corrected chi connectivity index (χ2v) is 18.4. The minimum atomic E-state index is -0.503. The van der Waals surface area contributed by atoms with E-state index in [1.54, 1.807) is 0 Å². The molecule has 2 nitrogen and oxygen atoms in total. The monoisotopic (exact) mass is 842 g/mol. The minimum absolute atomic E-state index is 0.0507. The van der Waals surface area contributed by atoms with Crippen molar-refractivity contribution in [3.05, 3.63) is 276 Å². The Morgan fingerprint density at radius 2 is 0.833 bits per heavy atom. The van der Waals surface area contributed by atoms with Gasteiger partial charge in [-0.3, -0.25) is 0 Å². The van der Waals surface area contributed by atoms with Crippen LogP contribution >= 0.6 is 0 Å². The van der Waals surface area contributed by atoms with Gasteiger partial charge in [0.2, 0.25) is 0 Å². The molecule has 13 rings (SSSR count). The molecule has 1 heterocycles. The summed E-state index contributed by atoms with van der Waals surface area (Å²) in [6, 6.07) is 89.8. The van der Waals surface area contributed by atoms with Crippen molar-refractivity contribution in [3.63, 3.8) is 0 Å². The van der Waals surface area contributed by atoms with Crippen LogP contribution in [0.2, 0.25) is 0 Å². The summed E-state index contributed by atoms with van der Waals surface area (Å²) >= 11 is 0. The Bertz CT molecular complexity index is 3460. The van der Waals surface area contributed by atoms with Crippen molar-refractivity contribution in [2.45, 2.75) is 24.7 Å². The van der Waals surface area contributed by atoms with Crippen LogP contribution in [-0.2, 0) is 10.8 Å². The lowest BCUT2D eigenvalue weighted by Gasteiger charge is -2.45. The van der Waals surface area contributed by atoms with Gasteiger partial charge in [-0.2, -0.15) is 0 Å². The minimum Gasteiger partial charge on any atom is -0.310 e. The van der Waals surface area contributed by atoms with Crippen LogP contribution < -0.4 is 9.80 Å². The first-order chi connectivity index (χ1) is 32.5. The molecule has 3 aliphatic rings. The highest BCUT2D eigenvalue weighted by Crippen LogP contribution is 2.64. The fraction of sp³-hybridized carbons (Fsp3) is 0.0625. The van der Waals surface area contributed by atoms with Gasteiger partial charge < -0.3 is 9.80 Å². The van der Waals surface area contributed by atoms with E-state index in [1.165, 1.54) is 89.3 Å². The molecule has 0 aromatic heterocycles. The topological polar surface area (TPSA) is 6.48 Å². The lowest BCUT2D eigenvalue weighted by Crippen LogP contribution is -2.36. The summed E-state index contributed by atoms with van der Waals surface area (Å²) < 4.78 is 0. The standard InChI is InChI=1S/C64H46N2/c1-63(2)53-28-12-10-26-51(53)62-49(27-19-32-58(62)63)43-36-39-47(40-37-43)65(45-20-5-3-6-21-45)59-33-16-11-24-48(59)44-38-41-55-52(42-44)50-25-9-13-29-54(50)64(55)56-30-14-17-34-60(56)66(46-22-7-4-8-23-46)61-35-18-15-31-57(61)64/h3-42H,1-2H3. The van der Waals surface area contributed by atoms with Crippen molar-refractivity contribution >= 4 is 34.1 Å². The maximum atomic E-state index is 2.46. The summed E-state index contributed by atoms with van der Waals surface area (Å²) in [6.45, 7) is 4.70. The Kier molecular flexibility index (Phi) is 8.51. The highest BCUT2D eigenvalue weighted by molar-refractivity contribution is 5.98. The molecular weight excluding hydrogens is 797 g/mol. The summed E-state index contributed by atoms with van der Waals surface area (Å²) in [4.78, 5) is 4.86. The fourth-order valence-corrected chi connectivity index (χ4v) is 11.8. The first-order valence-corrected chi connectivity index (χ1v) is 23.1. The van der Waals surface area contributed by atoms with E-state index in [9.17, 15) is 0 Å². The van der Waals surface area contributed by atoms with Crippen LogP contribution in [0.3, 0.4) is 0 Å². The molecule has 10 aromatic carbocycles. The lowest BCUT2D eigenvalue weighted by atomic mass is 9.64. The molecule has 0 radical (unpaired) electrons. The van der Waals surface area contributed by atoms with Gasteiger partial charge in [-0.1, -0.05) is 196 Å². The van der Waals surface area contributed by atoms with Gasteiger partial charge in [0.05, 0.1) is 22.5 Å². The molecule has 66 heavy (non-hydrogen) atoms. The number of hydrogen-bond acceptors (Lipinski definition) is 2. The van der Waals surface area contributed by atoms with Gasteiger partial charge in [0.1, 0.15) is 0 Å². The van der Waals surface area contributed by atoms with Gasteiger partial charge in [0.25, 0.3) is 0 Å². The molecule has 0 saturated carbocycles. The van der Waals surface area contributed by atoms with E-state index in [0.717, 1.165) is 22.7 Å². The Hall–Kier alpha value is -8.20. The van der Waals surface area contributed by atoms with Crippen molar-refractivity contribution in [2.24, 2.45) is 0 Å². The molecule has 312 valence electrons. The van der Waals surface area contributed by atoms with Crippen LogP contribution in [0.5, 0.6) is 0 Å². The summed E-state index contributed by atoms with van der Waals surface area (Å²) in [5.74, 6) is 0. The van der Waals surface area contributed by atoms with Gasteiger partial charge in [0, 0.05) is 28.0 Å². The zero-order valence-electron chi connectivity index (χ0n) is 37.0. The van der Waals surface area contributed by atoms with Crippen LogP contribution in [0.4, 0.5) is 34.1 Å². The Balaban J connectivity index is 0.960. The molecule has 0 N–H and O–H groups in total. The summed E-state index contributed by atoms with van der Waals surface area (Å²) in [6.07, 6.45) is 0. The molecule has 0 fully saturated rings. The molecule has 0 atom stereocenters. The van der Waals surface area contributed by atoms with Crippen LogP contribution in [0, 0.1) is 0 Å². The van der Waals surface area contributed by atoms with Gasteiger partial charge >= 0.3 is 0 Å². The summed E-state index contributed by atoms with van der Waals surface area (Å²) in [5, 5.41) is 0. The molecule has 2 heteroatoms. The Labute approximate surface area is 387 Å². The number of nitrogens with zero attached hydrogens (tertiary/aromatic N) is 2. The van der Waals surface area contributed by atoms with E-state index in [-0.39, 0.29) is 5.41 Å². The van der Waals surface area contributed by atoms with E-state index < -0.39 is 5.41 Å². The maximum Gasteiger partial charge on any atom is 0.0754 e. The van der Waals surface area contributed by atoms with Crippen LogP contribution in [0.25, 0.3) is 44.5 Å². The van der Waals surface area contributed by atoms with Crippen molar-refractivity contribution in [1.82, 2.24) is 0 Å². The predicted molar refractivity (Wildman–Crippen MR) is 275 cm³/mol. The van der Waals surface area contributed by atoms with Crippen molar-refractivity contribution in [2.75, 3.05) is 9.80 Å². The van der Waals surface area contributed by atoms with Crippen molar-refractivity contribution < 1.29 is 0 Å². The van der Waals surface area contributed by atoms with Gasteiger partial charge in [-0.25, -0.2) is 0 Å². The number of hydrogen-bond donors (Lipinski definition) is 0. The van der Waals surface area contributed by atoms with Crippen molar-refractivity contribution in [1.29, 1.82) is 0 Å². The van der Waals surface area contributed by atoms with Crippen LogP contribution in [-0.4, -0.2) is 0 Å². The second kappa shape index (κ2) is 14.7. The molecular formula is C64H46N2. The van der Waals surface area contributed by atoms with Crippen LogP contribution in [0.1, 0.15) is 47.2 Å². The maximum absolute atomic E-state index is 2.46. The third kappa shape index (κ3) is 5.42. The molecule has 2 aliphatic carbocycles. The second-order valence-electron chi connectivity index (χ2n) is 18.4. The largest absolute Gasteiger partial charge is 0.310 e. The highest BCUT2D eigenvalue weighted by atomic mass is 15.2. The van der Waals surface area contributed by atoms with Crippen LogP contribution in [0.15, 0.2) is 243 Å². The van der Waals surface area contributed by atoms with E-state index >= 15 is 0 Å². The third-order valence-corrected chi connectivity index (χ3v) is 14.7. The molecule has 0 bridgehead atoms. The van der Waals surface area contributed by atoms with E-state index in [2.05, 4.69) is 266 Å². The van der Waals surface area contributed by atoms with E-state index in [0.29, 0.717) is 0 Å². The third-order valence-electron chi connectivity index (χ3n) is 14.7. The quantitative estimate of drug-likeness (QED) is 0.165. The molecule has 0 amide bonds. The van der Waals surface area contributed by atoms with Gasteiger partial charge in [-0.15, -0.1) is 0 Å². The molecule has 10 aromatic rings. The Morgan fingerprint density at radius 3 is 1.55 bits per heavy atom. The fourth-order valence-electron chi connectivity index (χ4n) is 11.8. The molecule has 0 saturated heterocycles.